The Balaban J connectivity index is 2.10. The molecule has 1 amide bonds. The highest BCUT2D eigenvalue weighted by Crippen LogP contribution is 2.25. The van der Waals surface area contributed by atoms with Crippen molar-refractivity contribution in [1.82, 2.24) is 5.32 Å². The van der Waals surface area contributed by atoms with Crippen molar-refractivity contribution in [2.24, 2.45) is 5.92 Å². The molecule has 1 aliphatic rings. The van der Waals surface area contributed by atoms with E-state index in [1.165, 1.54) is 38.5 Å². The second-order valence-electron chi connectivity index (χ2n) is 4.97. The first kappa shape index (κ1) is 15.0. The lowest BCUT2D eigenvalue weighted by molar-refractivity contribution is -0.143. The van der Waals surface area contributed by atoms with Crippen molar-refractivity contribution in [2.45, 2.75) is 58.3 Å². The van der Waals surface area contributed by atoms with Gasteiger partial charge in [-0.15, -0.1) is 0 Å². The van der Waals surface area contributed by atoms with Crippen molar-refractivity contribution < 1.29 is 14.3 Å². The number of rotatable bonds is 6. The highest BCUT2D eigenvalue weighted by atomic mass is 16.5. The summed E-state index contributed by atoms with van der Waals surface area (Å²) in [4.78, 5) is 22.8. The Bertz CT molecular complexity index is 258. The average Bonchev–Trinajstić information content (AvgIpc) is 2.58. The Hall–Kier alpha value is -1.06. The molecule has 1 aliphatic carbocycles. The fourth-order valence-corrected chi connectivity index (χ4v) is 2.44. The molecule has 1 N–H and O–H groups in total. The SMILES string of the molecule is CCOC(=O)CCNC(=O)CC1CCCCCC1. The maximum atomic E-state index is 11.7. The Morgan fingerprint density at radius 1 is 1.17 bits per heavy atom. The Labute approximate surface area is 109 Å². The highest BCUT2D eigenvalue weighted by Gasteiger charge is 2.15. The van der Waals surface area contributed by atoms with Crippen LogP contribution in [0, 0.1) is 5.92 Å². The van der Waals surface area contributed by atoms with E-state index >= 15 is 0 Å². The quantitative estimate of drug-likeness (QED) is 0.586. The van der Waals surface area contributed by atoms with E-state index in [9.17, 15) is 9.59 Å². The summed E-state index contributed by atoms with van der Waals surface area (Å²) in [6.45, 7) is 2.57. The van der Waals surface area contributed by atoms with Gasteiger partial charge < -0.3 is 10.1 Å². The summed E-state index contributed by atoms with van der Waals surface area (Å²) < 4.78 is 4.80. The molecule has 0 saturated heterocycles. The molecule has 0 heterocycles. The van der Waals surface area contributed by atoms with Crippen LogP contribution in [-0.2, 0) is 14.3 Å². The van der Waals surface area contributed by atoms with Crippen molar-refractivity contribution in [3.05, 3.63) is 0 Å². The zero-order valence-corrected chi connectivity index (χ0v) is 11.4. The zero-order chi connectivity index (χ0) is 13.2. The number of amides is 1. The van der Waals surface area contributed by atoms with Gasteiger partial charge in [0.05, 0.1) is 13.0 Å². The molecular formula is C14H25NO3. The maximum absolute atomic E-state index is 11.7. The van der Waals surface area contributed by atoms with Crippen LogP contribution in [-0.4, -0.2) is 25.0 Å². The van der Waals surface area contributed by atoms with Gasteiger partial charge in [-0.3, -0.25) is 9.59 Å². The third kappa shape index (κ3) is 6.62. The van der Waals surface area contributed by atoms with Gasteiger partial charge >= 0.3 is 5.97 Å². The van der Waals surface area contributed by atoms with Crippen LogP contribution in [0.15, 0.2) is 0 Å². The van der Waals surface area contributed by atoms with Crippen molar-refractivity contribution in [3.8, 4) is 0 Å². The molecular weight excluding hydrogens is 230 g/mol. The van der Waals surface area contributed by atoms with E-state index in [1.807, 2.05) is 0 Å². The van der Waals surface area contributed by atoms with Crippen molar-refractivity contribution in [3.63, 3.8) is 0 Å². The number of carbonyl (C=O) groups excluding carboxylic acids is 2. The molecule has 0 aliphatic heterocycles. The predicted octanol–water partition coefficient (Wildman–Crippen LogP) is 2.42. The van der Waals surface area contributed by atoms with E-state index in [-0.39, 0.29) is 18.3 Å². The van der Waals surface area contributed by atoms with Crippen LogP contribution >= 0.6 is 0 Å². The monoisotopic (exact) mass is 255 g/mol. The zero-order valence-electron chi connectivity index (χ0n) is 11.4. The van der Waals surface area contributed by atoms with Gasteiger partial charge in [0.15, 0.2) is 0 Å². The Morgan fingerprint density at radius 2 is 1.83 bits per heavy atom. The first-order valence-electron chi connectivity index (χ1n) is 7.14. The van der Waals surface area contributed by atoms with E-state index in [0.717, 1.165) is 0 Å². The molecule has 104 valence electrons. The van der Waals surface area contributed by atoms with Gasteiger partial charge in [0.25, 0.3) is 0 Å². The molecule has 18 heavy (non-hydrogen) atoms. The van der Waals surface area contributed by atoms with Gasteiger partial charge in [0.2, 0.25) is 5.91 Å². The molecule has 1 saturated carbocycles. The molecule has 4 heteroatoms. The first-order chi connectivity index (χ1) is 8.72. The minimum absolute atomic E-state index is 0.0752. The topological polar surface area (TPSA) is 55.4 Å². The number of hydrogen-bond acceptors (Lipinski definition) is 3. The van der Waals surface area contributed by atoms with Crippen molar-refractivity contribution in [2.75, 3.05) is 13.2 Å². The summed E-state index contributed by atoms with van der Waals surface area (Å²) in [5.41, 5.74) is 0. The number of hydrogen-bond donors (Lipinski definition) is 1. The second kappa shape index (κ2) is 8.95. The number of nitrogens with one attached hydrogen (secondary N) is 1. The van der Waals surface area contributed by atoms with E-state index in [0.29, 0.717) is 25.5 Å². The molecule has 0 spiro atoms. The summed E-state index contributed by atoms with van der Waals surface area (Å²) in [7, 11) is 0. The van der Waals surface area contributed by atoms with Crippen LogP contribution in [0.4, 0.5) is 0 Å². The van der Waals surface area contributed by atoms with Gasteiger partial charge in [-0.25, -0.2) is 0 Å². The lowest BCUT2D eigenvalue weighted by Crippen LogP contribution is -2.28. The third-order valence-corrected chi connectivity index (χ3v) is 3.41. The van der Waals surface area contributed by atoms with E-state index in [4.69, 9.17) is 4.74 Å². The number of esters is 1. The molecule has 0 aromatic rings. The van der Waals surface area contributed by atoms with Gasteiger partial charge in [-0.2, -0.15) is 0 Å². The fraction of sp³-hybridized carbons (Fsp3) is 0.857. The molecule has 0 bridgehead atoms. The van der Waals surface area contributed by atoms with Gasteiger partial charge in [0, 0.05) is 13.0 Å². The smallest absolute Gasteiger partial charge is 0.307 e. The van der Waals surface area contributed by atoms with Crippen molar-refractivity contribution in [1.29, 1.82) is 0 Å². The van der Waals surface area contributed by atoms with Crippen LogP contribution < -0.4 is 5.32 Å². The maximum Gasteiger partial charge on any atom is 0.307 e. The standard InChI is InChI=1S/C14H25NO3/c1-2-18-14(17)9-10-15-13(16)11-12-7-5-3-4-6-8-12/h12H,2-11H2,1H3,(H,15,16). The molecule has 4 nitrogen and oxygen atoms in total. The molecule has 0 radical (unpaired) electrons. The average molecular weight is 255 g/mol. The Kier molecular flexibility index (Phi) is 7.46. The molecule has 1 rings (SSSR count). The van der Waals surface area contributed by atoms with Gasteiger partial charge in [0.1, 0.15) is 0 Å². The predicted molar refractivity (Wildman–Crippen MR) is 70.1 cm³/mol. The van der Waals surface area contributed by atoms with E-state index < -0.39 is 0 Å². The Morgan fingerprint density at radius 3 is 2.44 bits per heavy atom. The van der Waals surface area contributed by atoms with E-state index in [1.54, 1.807) is 6.92 Å². The van der Waals surface area contributed by atoms with Gasteiger partial charge in [-0.1, -0.05) is 25.7 Å². The normalized spacial score (nSPS) is 16.9. The lowest BCUT2D eigenvalue weighted by atomic mass is 9.96. The summed E-state index contributed by atoms with van der Waals surface area (Å²) in [5, 5.41) is 2.80. The van der Waals surface area contributed by atoms with E-state index in [2.05, 4.69) is 5.32 Å². The largest absolute Gasteiger partial charge is 0.466 e. The molecule has 0 unspecified atom stereocenters. The molecule has 0 aromatic carbocycles. The molecule has 0 atom stereocenters. The second-order valence-corrected chi connectivity index (χ2v) is 4.97. The molecule has 1 fully saturated rings. The summed E-state index contributed by atoms with van der Waals surface area (Å²) in [6, 6.07) is 0. The minimum Gasteiger partial charge on any atom is -0.466 e. The first-order valence-corrected chi connectivity index (χ1v) is 7.14. The summed E-state index contributed by atoms with van der Waals surface area (Å²) in [5.74, 6) is 0.369. The summed E-state index contributed by atoms with van der Waals surface area (Å²) >= 11 is 0. The van der Waals surface area contributed by atoms with Crippen LogP contribution in [0.3, 0.4) is 0 Å². The van der Waals surface area contributed by atoms with Crippen LogP contribution in [0.25, 0.3) is 0 Å². The van der Waals surface area contributed by atoms with Crippen LogP contribution in [0.5, 0.6) is 0 Å². The number of ether oxygens (including phenoxy) is 1. The molecule has 0 aromatic heterocycles. The lowest BCUT2D eigenvalue weighted by Gasteiger charge is -2.13. The van der Waals surface area contributed by atoms with Crippen LogP contribution in [0.1, 0.15) is 58.3 Å². The minimum atomic E-state index is -0.243. The third-order valence-electron chi connectivity index (χ3n) is 3.41. The van der Waals surface area contributed by atoms with Gasteiger partial charge in [-0.05, 0) is 25.7 Å². The number of carbonyl (C=O) groups is 2. The summed E-state index contributed by atoms with van der Waals surface area (Å²) in [6.07, 6.45) is 8.34. The fourth-order valence-electron chi connectivity index (χ4n) is 2.44. The highest BCUT2D eigenvalue weighted by molar-refractivity contribution is 5.77. The van der Waals surface area contributed by atoms with Crippen molar-refractivity contribution >= 4 is 11.9 Å². The van der Waals surface area contributed by atoms with Crippen LogP contribution in [0.2, 0.25) is 0 Å².